The molecule has 4 heteroatoms. The summed E-state index contributed by atoms with van der Waals surface area (Å²) in [7, 11) is 0. The first-order valence-corrected chi connectivity index (χ1v) is 6.92. The molecule has 3 nitrogen and oxygen atoms in total. The predicted molar refractivity (Wildman–Crippen MR) is 80.1 cm³/mol. The minimum absolute atomic E-state index is 0.266. The summed E-state index contributed by atoms with van der Waals surface area (Å²) < 4.78 is 0. The predicted octanol–water partition coefficient (Wildman–Crippen LogP) is 4.52. The maximum absolute atomic E-state index is 5.84. The number of nitrogens with one attached hydrogen (secondary N) is 1. The Morgan fingerprint density at radius 2 is 1.89 bits per heavy atom. The Labute approximate surface area is 119 Å². The van der Waals surface area contributed by atoms with Gasteiger partial charge in [-0.15, -0.1) is 0 Å². The van der Waals surface area contributed by atoms with Gasteiger partial charge in [-0.1, -0.05) is 25.5 Å². The van der Waals surface area contributed by atoms with Gasteiger partial charge in [-0.3, -0.25) is 0 Å². The van der Waals surface area contributed by atoms with Gasteiger partial charge in [0.25, 0.3) is 0 Å². The van der Waals surface area contributed by atoms with Crippen molar-refractivity contribution in [2.45, 2.75) is 33.1 Å². The van der Waals surface area contributed by atoms with Crippen molar-refractivity contribution in [2.24, 2.45) is 0 Å². The summed E-state index contributed by atoms with van der Waals surface area (Å²) in [5, 5.41) is 3.50. The van der Waals surface area contributed by atoms with E-state index in [-0.39, 0.29) is 5.28 Å². The Bertz CT molecular complexity index is 517. The lowest BCUT2D eigenvalue weighted by atomic mass is 10.1. The molecule has 2 aromatic rings. The van der Waals surface area contributed by atoms with Crippen molar-refractivity contribution in [1.29, 1.82) is 0 Å². The Balaban J connectivity index is 2.06. The number of benzene rings is 1. The average molecular weight is 276 g/mol. The number of hydrogen-bond donors (Lipinski definition) is 1. The molecular formula is C15H18ClN3. The first kappa shape index (κ1) is 13.8. The molecule has 0 bridgehead atoms. The van der Waals surface area contributed by atoms with Crippen molar-refractivity contribution < 1.29 is 0 Å². The van der Waals surface area contributed by atoms with Crippen molar-refractivity contribution in [3.63, 3.8) is 0 Å². The highest BCUT2D eigenvalue weighted by Gasteiger charge is 2.01. The molecule has 0 saturated heterocycles. The minimum atomic E-state index is 0.266. The number of rotatable bonds is 5. The summed E-state index contributed by atoms with van der Waals surface area (Å²) in [6.07, 6.45) is 3.58. The van der Waals surface area contributed by atoms with Crippen LogP contribution in [0, 0.1) is 6.92 Å². The number of aryl methyl sites for hydroxylation is 2. The van der Waals surface area contributed by atoms with Gasteiger partial charge >= 0.3 is 0 Å². The summed E-state index contributed by atoms with van der Waals surface area (Å²) in [6.45, 7) is 4.10. The molecule has 0 unspecified atom stereocenters. The molecule has 0 radical (unpaired) electrons. The van der Waals surface area contributed by atoms with E-state index in [1.807, 2.05) is 13.0 Å². The van der Waals surface area contributed by atoms with Crippen LogP contribution in [-0.4, -0.2) is 9.97 Å². The van der Waals surface area contributed by atoms with Crippen LogP contribution in [0.4, 0.5) is 11.5 Å². The van der Waals surface area contributed by atoms with Crippen molar-refractivity contribution in [1.82, 2.24) is 9.97 Å². The first-order chi connectivity index (χ1) is 9.17. The lowest BCUT2D eigenvalue weighted by Crippen LogP contribution is -1.97. The van der Waals surface area contributed by atoms with Crippen LogP contribution in [0.25, 0.3) is 0 Å². The van der Waals surface area contributed by atoms with E-state index in [0.717, 1.165) is 23.6 Å². The van der Waals surface area contributed by atoms with Gasteiger partial charge in [-0.2, -0.15) is 0 Å². The molecule has 0 atom stereocenters. The summed E-state index contributed by atoms with van der Waals surface area (Å²) >= 11 is 5.84. The molecule has 0 aliphatic rings. The second-order valence-corrected chi connectivity index (χ2v) is 4.93. The van der Waals surface area contributed by atoms with E-state index in [4.69, 9.17) is 11.6 Å². The smallest absolute Gasteiger partial charge is 0.224 e. The fourth-order valence-corrected chi connectivity index (χ4v) is 2.10. The van der Waals surface area contributed by atoms with Gasteiger partial charge in [-0.05, 0) is 49.1 Å². The van der Waals surface area contributed by atoms with E-state index < -0.39 is 0 Å². The number of halogens is 1. The molecule has 0 amide bonds. The molecule has 0 fully saturated rings. The van der Waals surface area contributed by atoms with Crippen LogP contribution in [0.2, 0.25) is 5.28 Å². The molecular weight excluding hydrogens is 258 g/mol. The molecule has 100 valence electrons. The third-order valence-electron chi connectivity index (χ3n) is 2.87. The fourth-order valence-electron chi connectivity index (χ4n) is 1.88. The van der Waals surface area contributed by atoms with Gasteiger partial charge in [0, 0.05) is 17.4 Å². The minimum Gasteiger partial charge on any atom is -0.340 e. The van der Waals surface area contributed by atoms with E-state index in [2.05, 4.69) is 46.5 Å². The maximum atomic E-state index is 5.84. The molecule has 1 aromatic heterocycles. The molecule has 1 aromatic carbocycles. The van der Waals surface area contributed by atoms with Crippen LogP contribution in [0.15, 0.2) is 30.3 Å². The Kier molecular flexibility index (Phi) is 4.74. The monoisotopic (exact) mass is 275 g/mol. The topological polar surface area (TPSA) is 37.8 Å². The molecule has 1 N–H and O–H groups in total. The lowest BCUT2D eigenvalue weighted by Gasteiger charge is -2.07. The molecule has 2 rings (SSSR count). The van der Waals surface area contributed by atoms with E-state index in [9.17, 15) is 0 Å². The standard InChI is InChI=1S/C15H18ClN3/c1-3-4-5-12-6-8-13(9-7-12)18-14-10-11(2)17-15(16)19-14/h6-10H,3-5H2,1-2H3,(H,17,18,19). The van der Waals surface area contributed by atoms with Gasteiger partial charge in [0.05, 0.1) is 0 Å². The number of aromatic nitrogens is 2. The van der Waals surface area contributed by atoms with E-state index in [0.29, 0.717) is 0 Å². The number of anilines is 2. The number of unbranched alkanes of at least 4 members (excludes halogenated alkanes) is 1. The summed E-state index contributed by atoms with van der Waals surface area (Å²) in [4.78, 5) is 8.18. The van der Waals surface area contributed by atoms with Crippen molar-refractivity contribution in [3.05, 3.63) is 46.9 Å². The average Bonchev–Trinajstić information content (AvgIpc) is 2.37. The van der Waals surface area contributed by atoms with Crippen LogP contribution in [0.5, 0.6) is 0 Å². The first-order valence-electron chi connectivity index (χ1n) is 6.54. The third-order valence-corrected chi connectivity index (χ3v) is 3.04. The van der Waals surface area contributed by atoms with Gasteiger partial charge in [-0.25, -0.2) is 9.97 Å². The second kappa shape index (κ2) is 6.53. The summed E-state index contributed by atoms with van der Waals surface area (Å²) in [5.74, 6) is 0.721. The van der Waals surface area contributed by atoms with E-state index >= 15 is 0 Å². The molecule has 0 aliphatic heterocycles. The molecule has 19 heavy (non-hydrogen) atoms. The number of hydrogen-bond acceptors (Lipinski definition) is 3. The highest BCUT2D eigenvalue weighted by molar-refractivity contribution is 6.28. The van der Waals surface area contributed by atoms with Crippen LogP contribution in [0.3, 0.4) is 0 Å². The van der Waals surface area contributed by atoms with Gasteiger partial charge in [0.15, 0.2) is 0 Å². The van der Waals surface area contributed by atoms with Gasteiger partial charge in [0.1, 0.15) is 5.82 Å². The normalized spacial score (nSPS) is 10.5. The van der Waals surface area contributed by atoms with Crippen molar-refractivity contribution in [2.75, 3.05) is 5.32 Å². The van der Waals surface area contributed by atoms with Crippen LogP contribution >= 0.6 is 11.6 Å². The molecule has 0 saturated carbocycles. The van der Waals surface area contributed by atoms with Crippen molar-refractivity contribution >= 4 is 23.1 Å². The Morgan fingerprint density at radius 3 is 2.53 bits per heavy atom. The summed E-state index contributed by atoms with van der Waals surface area (Å²) in [5.41, 5.74) is 3.22. The highest BCUT2D eigenvalue weighted by Crippen LogP contribution is 2.18. The fraction of sp³-hybridized carbons (Fsp3) is 0.333. The molecule has 0 spiro atoms. The molecule has 1 heterocycles. The van der Waals surface area contributed by atoms with E-state index in [1.165, 1.54) is 18.4 Å². The zero-order chi connectivity index (χ0) is 13.7. The second-order valence-electron chi connectivity index (χ2n) is 4.59. The number of nitrogens with zero attached hydrogens (tertiary/aromatic N) is 2. The van der Waals surface area contributed by atoms with Crippen molar-refractivity contribution in [3.8, 4) is 0 Å². The van der Waals surface area contributed by atoms with Crippen LogP contribution < -0.4 is 5.32 Å². The quantitative estimate of drug-likeness (QED) is 0.815. The third kappa shape index (κ3) is 4.21. The largest absolute Gasteiger partial charge is 0.340 e. The summed E-state index contributed by atoms with van der Waals surface area (Å²) in [6, 6.07) is 10.3. The van der Waals surface area contributed by atoms with Crippen LogP contribution in [0.1, 0.15) is 31.0 Å². The maximum Gasteiger partial charge on any atom is 0.224 e. The highest BCUT2D eigenvalue weighted by atomic mass is 35.5. The lowest BCUT2D eigenvalue weighted by molar-refractivity contribution is 0.795. The Hall–Kier alpha value is -1.61. The van der Waals surface area contributed by atoms with E-state index in [1.54, 1.807) is 0 Å². The Morgan fingerprint density at radius 1 is 1.16 bits per heavy atom. The zero-order valence-electron chi connectivity index (χ0n) is 11.3. The van der Waals surface area contributed by atoms with Gasteiger partial charge in [0.2, 0.25) is 5.28 Å². The zero-order valence-corrected chi connectivity index (χ0v) is 12.0. The molecule has 0 aliphatic carbocycles. The SMILES string of the molecule is CCCCc1ccc(Nc2cc(C)nc(Cl)n2)cc1. The van der Waals surface area contributed by atoms with Crippen LogP contribution in [-0.2, 0) is 6.42 Å². The van der Waals surface area contributed by atoms with Gasteiger partial charge < -0.3 is 5.32 Å².